The van der Waals surface area contributed by atoms with E-state index in [4.69, 9.17) is 16.1 Å². The molecule has 0 atom stereocenters. The number of aromatic nitrogens is 2. The average molecular weight is 294 g/mol. The van der Waals surface area contributed by atoms with Gasteiger partial charge in [-0.1, -0.05) is 42.2 Å². The number of benzene rings is 1. The normalized spacial score (nSPS) is 10.5. The molecule has 1 N–H and O–H groups in total. The molecule has 0 aliphatic rings. The molecule has 106 valence electrons. The zero-order valence-electron chi connectivity index (χ0n) is 11.2. The fourth-order valence-electron chi connectivity index (χ4n) is 1.67. The quantitative estimate of drug-likeness (QED) is 0.888. The lowest BCUT2D eigenvalue weighted by Crippen LogP contribution is -2.22. The van der Waals surface area contributed by atoms with E-state index in [9.17, 15) is 4.79 Å². The molecule has 1 amide bonds. The lowest BCUT2D eigenvalue weighted by atomic mass is 10.2. The van der Waals surface area contributed by atoms with Gasteiger partial charge in [0.05, 0.1) is 6.54 Å². The zero-order valence-corrected chi connectivity index (χ0v) is 12.0. The Morgan fingerprint density at radius 1 is 1.45 bits per heavy atom. The molecule has 20 heavy (non-hydrogen) atoms. The molecule has 0 saturated heterocycles. The summed E-state index contributed by atoms with van der Waals surface area (Å²) in [5.74, 6) is 0.837. The van der Waals surface area contributed by atoms with E-state index in [1.807, 2.05) is 19.1 Å². The summed E-state index contributed by atoms with van der Waals surface area (Å²) in [6.07, 6.45) is 2.39. The number of hydrogen-bond donors (Lipinski definition) is 1. The van der Waals surface area contributed by atoms with Crippen LogP contribution in [-0.2, 0) is 11.3 Å². The van der Waals surface area contributed by atoms with Gasteiger partial charge in [-0.2, -0.15) is 4.98 Å². The molecule has 0 fully saturated rings. The number of carbonyl (C=O) groups excluding carboxylic acids is 1. The molecule has 0 radical (unpaired) electrons. The third kappa shape index (κ3) is 4.06. The number of carbonyl (C=O) groups is 1. The minimum absolute atomic E-state index is 0.00523. The van der Waals surface area contributed by atoms with Crippen molar-refractivity contribution in [2.24, 2.45) is 0 Å². The van der Waals surface area contributed by atoms with E-state index in [2.05, 4.69) is 15.5 Å². The Balaban J connectivity index is 1.94. The molecule has 0 aliphatic heterocycles. The maximum atomic E-state index is 11.5. The van der Waals surface area contributed by atoms with Crippen LogP contribution in [0.25, 0.3) is 11.4 Å². The van der Waals surface area contributed by atoms with Crippen molar-refractivity contribution in [1.29, 1.82) is 0 Å². The summed E-state index contributed by atoms with van der Waals surface area (Å²) < 4.78 is 5.09. The van der Waals surface area contributed by atoms with Gasteiger partial charge in [0.2, 0.25) is 17.6 Å². The summed E-state index contributed by atoms with van der Waals surface area (Å²) in [5, 5.41) is 7.23. The first kappa shape index (κ1) is 14.5. The topological polar surface area (TPSA) is 68.0 Å². The smallest absolute Gasteiger partial charge is 0.246 e. The van der Waals surface area contributed by atoms with Crippen molar-refractivity contribution in [3.8, 4) is 11.4 Å². The number of hydrogen-bond acceptors (Lipinski definition) is 4. The van der Waals surface area contributed by atoms with Crippen LogP contribution in [0.15, 0.2) is 28.8 Å². The second-order valence-corrected chi connectivity index (χ2v) is 4.84. The number of rotatable bonds is 6. The number of amides is 1. The van der Waals surface area contributed by atoms with Crippen LogP contribution in [0.3, 0.4) is 0 Å². The Kier molecular flexibility index (Phi) is 5.12. The number of nitrogens with zero attached hydrogens (tertiary/aromatic N) is 2. The average Bonchev–Trinajstić information content (AvgIpc) is 2.92. The molecule has 1 heterocycles. The Morgan fingerprint density at radius 3 is 3.05 bits per heavy atom. The van der Waals surface area contributed by atoms with Crippen molar-refractivity contribution in [3.05, 3.63) is 35.2 Å². The van der Waals surface area contributed by atoms with Gasteiger partial charge in [-0.25, -0.2) is 0 Å². The monoisotopic (exact) mass is 293 g/mol. The van der Waals surface area contributed by atoms with Crippen molar-refractivity contribution >= 4 is 17.5 Å². The van der Waals surface area contributed by atoms with Crippen LogP contribution in [0.1, 0.15) is 32.1 Å². The third-order valence-electron chi connectivity index (χ3n) is 2.75. The predicted octanol–water partition coefficient (Wildman–Crippen LogP) is 3.20. The van der Waals surface area contributed by atoms with E-state index >= 15 is 0 Å². The summed E-state index contributed by atoms with van der Waals surface area (Å²) in [7, 11) is 0. The van der Waals surface area contributed by atoms with Crippen molar-refractivity contribution in [3.63, 3.8) is 0 Å². The molecule has 2 rings (SSSR count). The summed E-state index contributed by atoms with van der Waals surface area (Å²) in [6.45, 7) is 2.29. The van der Waals surface area contributed by atoms with E-state index in [-0.39, 0.29) is 12.5 Å². The number of nitrogens with one attached hydrogen (secondary N) is 1. The van der Waals surface area contributed by atoms with Crippen LogP contribution in [0.4, 0.5) is 0 Å². The summed E-state index contributed by atoms with van der Waals surface area (Å²) in [4.78, 5) is 15.7. The van der Waals surface area contributed by atoms with Gasteiger partial charge in [-0.05, 0) is 18.6 Å². The highest BCUT2D eigenvalue weighted by Gasteiger charge is 2.09. The van der Waals surface area contributed by atoms with E-state index < -0.39 is 0 Å². The van der Waals surface area contributed by atoms with Gasteiger partial charge in [-0.3, -0.25) is 4.79 Å². The molecule has 1 aromatic carbocycles. The second-order valence-electron chi connectivity index (χ2n) is 4.40. The van der Waals surface area contributed by atoms with Crippen molar-refractivity contribution in [1.82, 2.24) is 15.5 Å². The number of halogens is 1. The Labute approximate surface area is 122 Å². The predicted molar refractivity (Wildman–Crippen MR) is 76.1 cm³/mol. The van der Waals surface area contributed by atoms with Gasteiger partial charge >= 0.3 is 0 Å². The van der Waals surface area contributed by atoms with Crippen LogP contribution >= 0.6 is 11.6 Å². The molecular formula is C14H16ClN3O2. The molecule has 2 aromatic rings. The van der Waals surface area contributed by atoms with E-state index in [1.54, 1.807) is 12.1 Å². The largest absolute Gasteiger partial charge is 0.347 e. The summed E-state index contributed by atoms with van der Waals surface area (Å²) in [5.41, 5.74) is 0.782. The molecule has 5 nitrogen and oxygen atoms in total. The van der Waals surface area contributed by atoms with E-state index in [1.165, 1.54) is 0 Å². The molecule has 0 bridgehead atoms. The first-order valence-electron chi connectivity index (χ1n) is 6.54. The SMILES string of the molecule is CCCCC(=O)NCc1nc(-c2cccc(Cl)c2)no1. The van der Waals surface area contributed by atoms with Crippen molar-refractivity contribution < 1.29 is 9.32 Å². The Bertz CT molecular complexity index is 583. The Morgan fingerprint density at radius 2 is 2.30 bits per heavy atom. The van der Waals surface area contributed by atoms with Gasteiger partial charge in [0.1, 0.15) is 0 Å². The van der Waals surface area contributed by atoms with Crippen LogP contribution in [0.2, 0.25) is 5.02 Å². The highest BCUT2D eigenvalue weighted by molar-refractivity contribution is 6.30. The maximum Gasteiger partial charge on any atom is 0.246 e. The highest BCUT2D eigenvalue weighted by Crippen LogP contribution is 2.19. The molecule has 0 aliphatic carbocycles. The van der Waals surface area contributed by atoms with Gasteiger partial charge in [0.15, 0.2) is 0 Å². The van der Waals surface area contributed by atoms with Crippen molar-refractivity contribution in [2.45, 2.75) is 32.7 Å². The van der Waals surface area contributed by atoms with Crippen LogP contribution in [0.5, 0.6) is 0 Å². The maximum absolute atomic E-state index is 11.5. The van der Waals surface area contributed by atoms with Crippen LogP contribution in [0, 0.1) is 0 Å². The molecule has 0 spiro atoms. The van der Waals surface area contributed by atoms with Crippen molar-refractivity contribution in [2.75, 3.05) is 0 Å². The Hall–Kier alpha value is -1.88. The molecule has 1 aromatic heterocycles. The minimum atomic E-state index is -0.00523. The van der Waals surface area contributed by atoms with Crippen LogP contribution in [-0.4, -0.2) is 16.0 Å². The van der Waals surface area contributed by atoms with E-state index in [0.29, 0.717) is 23.2 Å². The molecule has 0 saturated carbocycles. The van der Waals surface area contributed by atoms with Gasteiger partial charge in [0.25, 0.3) is 0 Å². The molecule has 6 heteroatoms. The third-order valence-corrected chi connectivity index (χ3v) is 2.98. The molecule has 0 unspecified atom stereocenters. The fraction of sp³-hybridized carbons (Fsp3) is 0.357. The van der Waals surface area contributed by atoms with Gasteiger partial charge in [0, 0.05) is 17.0 Å². The first-order chi connectivity index (χ1) is 9.69. The number of unbranched alkanes of at least 4 members (excludes halogenated alkanes) is 1. The highest BCUT2D eigenvalue weighted by atomic mass is 35.5. The molecular weight excluding hydrogens is 278 g/mol. The first-order valence-corrected chi connectivity index (χ1v) is 6.92. The van der Waals surface area contributed by atoms with E-state index in [0.717, 1.165) is 18.4 Å². The van der Waals surface area contributed by atoms with Crippen LogP contribution < -0.4 is 5.32 Å². The second kappa shape index (κ2) is 7.05. The zero-order chi connectivity index (χ0) is 14.4. The van der Waals surface area contributed by atoms with Gasteiger partial charge < -0.3 is 9.84 Å². The summed E-state index contributed by atoms with van der Waals surface area (Å²) in [6, 6.07) is 7.20. The fourth-order valence-corrected chi connectivity index (χ4v) is 1.86. The standard InChI is InChI=1S/C14H16ClN3O2/c1-2-3-7-12(19)16-9-13-17-14(18-20-13)10-5-4-6-11(15)8-10/h4-6,8H,2-3,7,9H2,1H3,(H,16,19). The lowest BCUT2D eigenvalue weighted by molar-refractivity contribution is -0.121. The van der Waals surface area contributed by atoms with Gasteiger partial charge in [-0.15, -0.1) is 0 Å². The summed E-state index contributed by atoms with van der Waals surface area (Å²) >= 11 is 5.91. The minimum Gasteiger partial charge on any atom is -0.347 e. The lowest BCUT2D eigenvalue weighted by Gasteiger charge is -2.00.